The number of rotatable bonds is 8. The molecule has 0 saturated heterocycles. The minimum Gasteiger partial charge on any atom is -0.272 e. The summed E-state index contributed by atoms with van der Waals surface area (Å²) in [5.74, 6) is -0.521. The van der Waals surface area contributed by atoms with Crippen LogP contribution in [0.2, 0.25) is 5.02 Å². The lowest BCUT2D eigenvalue weighted by molar-refractivity contribution is -0.121. The molecule has 26 heavy (non-hydrogen) atoms. The molecule has 0 saturated carbocycles. The Morgan fingerprint density at radius 2 is 1.81 bits per heavy atom. The third-order valence-corrected chi connectivity index (χ3v) is 5.17. The first-order chi connectivity index (χ1) is 12.4. The van der Waals surface area contributed by atoms with Gasteiger partial charge in [0.05, 0.1) is 19.0 Å². The van der Waals surface area contributed by atoms with Gasteiger partial charge in [-0.15, -0.1) is 0 Å². The summed E-state index contributed by atoms with van der Waals surface area (Å²) >= 11 is 5.99. The molecule has 0 spiro atoms. The fraction of sp³-hybridized carbons (Fsp3) is 0.222. The topological polar surface area (TPSA) is 78.8 Å². The van der Waals surface area contributed by atoms with Crippen LogP contribution in [0.3, 0.4) is 0 Å². The van der Waals surface area contributed by atoms with Crippen LogP contribution in [0, 0.1) is 0 Å². The summed E-state index contributed by atoms with van der Waals surface area (Å²) in [5.41, 5.74) is 3.97. The van der Waals surface area contributed by atoms with Crippen molar-refractivity contribution >= 4 is 33.7 Å². The molecule has 0 fully saturated rings. The van der Waals surface area contributed by atoms with E-state index < -0.39 is 15.9 Å². The fourth-order valence-corrected chi connectivity index (χ4v) is 3.17. The Kier molecular flexibility index (Phi) is 7.32. The second kappa shape index (κ2) is 9.47. The number of amides is 1. The zero-order valence-electron chi connectivity index (χ0n) is 14.3. The van der Waals surface area contributed by atoms with Gasteiger partial charge >= 0.3 is 0 Å². The van der Waals surface area contributed by atoms with E-state index in [0.717, 1.165) is 16.1 Å². The maximum atomic E-state index is 12.0. The SMILES string of the molecule is CS(=O)(=O)N(CCc1ccccc1)CC(=O)NN=Cc1ccccc1Cl. The Bertz CT molecular complexity index is 870. The van der Waals surface area contributed by atoms with E-state index in [1.165, 1.54) is 6.21 Å². The van der Waals surface area contributed by atoms with E-state index in [1.54, 1.807) is 24.3 Å². The molecule has 6 nitrogen and oxygen atoms in total. The van der Waals surface area contributed by atoms with Crippen molar-refractivity contribution in [2.24, 2.45) is 5.10 Å². The number of sulfonamides is 1. The minimum atomic E-state index is -3.51. The van der Waals surface area contributed by atoms with E-state index in [0.29, 0.717) is 17.0 Å². The van der Waals surface area contributed by atoms with Gasteiger partial charge in [0.15, 0.2) is 0 Å². The number of hydrogen-bond acceptors (Lipinski definition) is 4. The molecular weight excluding hydrogens is 374 g/mol. The predicted molar refractivity (Wildman–Crippen MR) is 104 cm³/mol. The van der Waals surface area contributed by atoms with Crippen molar-refractivity contribution in [2.75, 3.05) is 19.3 Å². The maximum Gasteiger partial charge on any atom is 0.255 e. The first kappa shape index (κ1) is 20.1. The Balaban J connectivity index is 1.93. The molecule has 0 aromatic heterocycles. The van der Waals surface area contributed by atoms with E-state index in [4.69, 9.17) is 11.6 Å². The fourth-order valence-electron chi connectivity index (χ4n) is 2.21. The van der Waals surface area contributed by atoms with Crippen LogP contribution in [0.25, 0.3) is 0 Å². The largest absolute Gasteiger partial charge is 0.272 e. The van der Waals surface area contributed by atoms with Crippen molar-refractivity contribution in [3.05, 3.63) is 70.7 Å². The van der Waals surface area contributed by atoms with Crippen LogP contribution in [0.1, 0.15) is 11.1 Å². The van der Waals surface area contributed by atoms with Crippen molar-refractivity contribution in [1.29, 1.82) is 0 Å². The van der Waals surface area contributed by atoms with Gasteiger partial charge in [0, 0.05) is 17.1 Å². The van der Waals surface area contributed by atoms with Gasteiger partial charge in [-0.05, 0) is 18.1 Å². The monoisotopic (exact) mass is 393 g/mol. The molecule has 2 aromatic rings. The van der Waals surface area contributed by atoms with Crippen LogP contribution in [-0.2, 0) is 21.2 Å². The second-order valence-corrected chi connectivity index (χ2v) is 8.04. The van der Waals surface area contributed by atoms with Gasteiger partial charge in [0.1, 0.15) is 0 Å². The van der Waals surface area contributed by atoms with Crippen LogP contribution in [0.5, 0.6) is 0 Å². The summed E-state index contributed by atoms with van der Waals surface area (Å²) in [5, 5.41) is 4.33. The number of hydrazone groups is 1. The lowest BCUT2D eigenvalue weighted by Gasteiger charge is -2.18. The normalized spacial score (nSPS) is 11.8. The molecule has 0 atom stereocenters. The highest BCUT2D eigenvalue weighted by Crippen LogP contribution is 2.12. The molecule has 1 N–H and O–H groups in total. The molecule has 1 amide bonds. The van der Waals surface area contributed by atoms with Gasteiger partial charge in [-0.25, -0.2) is 13.8 Å². The van der Waals surface area contributed by atoms with Gasteiger partial charge in [0.2, 0.25) is 10.0 Å². The summed E-state index contributed by atoms with van der Waals surface area (Å²) in [6, 6.07) is 16.5. The minimum absolute atomic E-state index is 0.213. The van der Waals surface area contributed by atoms with Crippen LogP contribution in [0.4, 0.5) is 0 Å². The summed E-state index contributed by atoms with van der Waals surface area (Å²) in [4.78, 5) is 12.0. The summed E-state index contributed by atoms with van der Waals surface area (Å²) in [7, 11) is -3.51. The Morgan fingerprint density at radius 1 is 1.15 bits per heavy atom. The van der Waals surface area contributed by atoms with Gasteiger partial charge in [-0.2, -0.15) is 9.41 Å². The van der Waals surface area contributed by atoms with Crippen molar-refractivity contribution in [3.8, 4) is 0 Å². The molecule has 0 aliphatic heterocycles. The van der Waals surface area contributed by atoms with Crippen LogP contribution >= 0.6 is 11.6 Å². The molecule has 138 valence electrons. The number of nitrogens with one attached hydrogen (secondary N) is 1. The second-order valence-electron chi connectivity index (χ2n) is 5.65. The predicted octanol–water partition coefficient (Wildman–Crippen LogP) is 2.29. The number of halogens is 1. The molecule has 0 heterocycles. The first-order valence-corrected chi connectivity index (χ1v) is 10.1. The lowest BCUT2D eigenvalue weighted by Crippen LogP contribution is -2.40. The molecule has 0 aliphatic rings. The average Bonchev–Trinajstić information content (AvgIpc) is 2.60. The molecule has 8 heteroatoms. The van der Waals surface area contributed by atoms with Gasteiger partial charge in [0.25, 0.3) is 5.91 Å². The van der Waals surface area contributed by atoms with Crippen molar-refractivity contribution in [3.63, 3.8) is 0 Å². The van der Waals surface area contributed by atoms with E-state index in [-0.39, 0.29) is 13.1 Å². The molecule has 0 bridgehead atoms. The molecule has 0 aliphatic carbocycles. The quantitative estimate of drug-likeness (QED) is 0.552. The number of nitrogens with zero attached hydrogens (tertiary/aromatic N) is 2. The molecule has 2 rings (SSSR count). The van der Waals surface area contributed by atoms with Crippen molar-refractivity contribution < 1.29 is 13.2 Å². The zero-order chi connectivity index (χ0) is 19.0. The third-order valence-electron chi connectivity index (χ3n) is 3.58. The molecule has 2 aromatic carbocycles. The van der Waals surface area contributed by atoms with Crippen LogP contribution < -0.4 is 5.43 Å². The standard InChI is InChI=1S/C18H20ClN3O3S/c1-26(24,25)22(12-11-15-7-3-2-4-8-15)14-18(23)21-20-13-16-9-5-6-10-17(16)19/h2-10,13H,11-12,14H2,1H3,(H,21,23). The van der Waals surface area contributed by atoms with Gasteiger partial charge < -0.3 is 0 Å². The summed E-state index contributed by atoms with van der Waals surface area (Å²) in [6.45, 7) is -0.0873. The maximum absolute atomic E-state index is 12.0. The van der Waals surface area contributed by atoms with E-state index in [1.807, 2.05) is 30.3 Å². The highest BCUT2D eigenvalue weighted by Gasteiger charge is 2.19. The summed E-state index contributed by atoms with van der Waals surface area (Å²) < 4.78 is 25.0. The molecule has 0 radical (unpaired) electrons. The van der Waals surface area contributed by atoms with Crippen molar-refractivity contribution in [2.45, 2.75) is 6.42 Å². The van der Waals surface area contributed by atoms with E-state index >= 15 is 0 Å². The highest BCUT2D eigenvalue weighted by atomic mass is 35.5. The Labute approximate surface area is 158 Å². The number of carbonyl (C=O) groups excluding carboxylic acids is 1. The Morgan fingerprint density at radius 3 is 2.46 bits per heavy atom. The van der Waals surface area contributed by atoms with E-state index in [2.05, 4.69) is 10.5 Å². The first-order valence-electron chi connectivity index (χ1n) is 7.92. The van der Waals surface area contributed by atoms with Crippen LogP contribution in [-0.4, -0.2) is 44.2 Å². The number of benzene rings is 2. The smallest absolute Gasteiger partial charge is 0.255 e. The molecule has 0 unspecified atom stereocenters. The average molecular weight is 394 g/mol. The number of hydrogen-bond donors (Lipinski definition) is 1. The van der Waals surface area contributed by atoms with Crippen LogP contribution in [0.15, 0.2) is 59.7 Å². The third kappa shape index (κ3) is 6.59. The van der Waals surface area contributed by atoms with E-state index in [9.17, 15) is 13.2 Å². The van der Waals surface area contributed by atoms with Gasteiger partial charge in [-0.3, -0.25) is 4.79 Å². The number of carbonyl (C=O) groups is 1. The van der Waals surface area contributed by atoms with Gasteiger partial charge in [-0.1, -0.05) is 60.1 Å². The molecular formula is C18H20ClN3O3S. The Hall–Kier alpha value is -2.22. The zero-order valence-corrected chi connectivity index (χ0v) is 15.9. The summed E-state index contributed by atoms with van der Waals surface area (Å²) in [6.07, 6.45) is 3.01. The van der Waals surface area contributed by atoms with Crippen molar-refractivity contribution in [1.82, 2.24) is 9.73 Å². The lowest BCUT2D eigenvalue weighted by atomic mass is 10.1. The highest BCUT2D eigenvalue weighted by molar-refractivity contribution is 7.88.